The summed E-state index contributed by atoms with van der Waals surface area (Å²) in [6, 6.07) is 0. The van der Waals surface area contributed by atoms with E-state index in [4.69, 9.17) is 11.6 Å². The second-order valence-electron chi connectivity index (χ2n) is 2.09. The first-order valence-electron chi connectivity index (χ1n) is 3.39. The smallest absolute Gasteiger partial charge is 0.176 e. The van der Waals surface area contributed by atoms with Crippen LogP contribution in [0.3, 0.4) is 0 Å². The van der Waals surface area contributed by atoms with Crippen molar-refractivity contribution < 1.29 is 4.79 Å². The SMILES string of the molecule is C=C(C=CC(Br)=CC)C(=O)CCl. The Morgan fingerprint density at radius 2 is 2.17 bits per heavy atom. The van der Waals surface area contributed by atoms with Gasteiger partial charge in [0, 0.05) is 10.1 Å². The van der Waals surface area contributed by atoms with E-state index in [2.05, 4.69) is 22.5 Å². The zero-order chi connectivity index (χ0) is 9.56. The topological polar surface area (TPSA) is 17.1 Å². The third-order valence-corrected chi connectivity index (χ3v) is 2.16. The van der Waals surface area contributed by atoms with E-state index >= 15 is 0 Å². The maximum atomic E-state index is 10.9. The highest BCUT2D eigenvalue weighted by Crippen LogP contribution is 2.08. The van der Waals surface area contributed by atoms with E-state index in [9.17, 15) is 4.79 Å². The van der Waals surface area contributed by atoms with Gasteiger partial charge in [0.2, 0.25) is 0 Å². The minimum absolute atomic E-state index is 0.0172. The standard InChI is InChI=1S/C9H10BrClO/c1-3-8(10)5-4-7(2)9(12)6-11/h3-5H,2,6H2,1H3. The molecule has 0 rings (SSSR count). The van der Waals surface area contributed by atoms with Crippen molar-refractivity contribution in [2.24, 2.45) is 0 Å². The van der Waals surface area contributed by atoms with Gasteiger partial charge < -0.3 is 0 Å². The van der Waals surface area contributed by atoms with E-state index in [0.29, 0.717) is 5.57 Å². The average molecular weight is 250 g/mol. The number of ketones is 1. The molecule has 66 valence electrons. The van der Waals surface area contributed by atoms with Crippen LogP contribution in [0.5, 0.6) is 0 Å². The summed E-state index contributed by atoms with van der Waals surface area (Å²) in [6.45, 7) is 5.45. The van der Waals surface area contributed by atoms with Gasteiger partial charge >= 0.3 is 0 Å². The highest BCUT2D eigenvalue weighted by atomic mass is 79.9. The molecule has 0 aliphatic carbocycles. The first kappa shape index (κ1) is 11.7. The molecule has 0 amide bonds. The third kappa shape index (κ3) is 4.52. The van der Waals surface area contributed by atoms with Crippen LogP contribution in [-0.4, -0.2) is 11.7 Å². The maximum Gasteiger partial charge on any atom is 0.176 e. The first-order valence-corrected chi connectivity index (χ1v) is 4.72. The molecular weight excluding hydrogens is 239 g/mol. The van der Waals surface area contributed by atoms with E-state index in [-0.39, 0.29) is 11.7 Å². The molecule has 0 spiro atoms. The molecule has 0 atom stereocenters. The fourth-order valence-corrected chi connectivity index (χ4v) is 0.759. The number of hydrogen-bond acceptors (Lipinski definition) is 1. The molecular formula is C9H10BrClO. The van der Waals surface area contributed by atoms with Crippen LogP contribution in [0.2, 0.25) is 0 Å². The molecule has 0 fully saturated rings. The van der Waals surface area contributed by atoms with Crippen molar-refractivity contribution >= 4 is 33.3 Å². The van der Waals surface area contributed by atoms with Crippen LogP contribution in [-0.2, 0) is 4.79 Å². The van der Waals surface area contributed by atoms with Gasteiger partial charge in [0.05, 0.1) is 5.88 Å². The van der Waals surface area contributed by atoms with E-state index < -0.39 is 0 Å². The van der Waals surface area contributed by atoms with E-state index in [0.717, 1.165) is 4.48 Å². The van der Waals surface area contributed by atoms with Crippen LogP contribution < -0.4 is 0 Å². The molecule has 0 aromatic heterocycles. The fourth-order valence-electron chi connectivity index (χ4n) is 0.455. The van der Waals surface area contributed by atoms with Gasteiger partial charge in [0.1, 0.15) is 0 Å². The lowest BCUT2D eigenvalue weighted by molar-refractivity contribution is -0.113. The molecule has 0 saturated carbocycles. The predicted molar refractivity (Wildman–Crippen MR) is 56.7 cm³/mol. The van der Waals surface area contributed by atoms with Gasteiger partial charge in [0.25, 0.3) is 0 Å². The van der Waals surface area contributed by atoms with Crippen LogP contribution >= 0.6 is 27.5 Å². The van der Waals surface area contributed by atoms with Gasteiger partial charge in [-0.25, -0.2) is 0 Å². The quantitative estimate of drug-likeness (QED) is 0.425. The lowest BCUT2D eigenvalue weighted by Crippen LogP contribution is -1.99. The number of hydrogen-bond donors (Lipinski definition) is 0. The highest BCUT2D eigenvalue weighted by Gasteiger charge is 1.99. The van der Waals surface area contributed by atoms with Gasteiger partial charge in [-0.2, -0.15) is 0 Å². The molecule has 12 heavy (non-hydrogen) atoms. The second-order valence-corrected chi connectivity index (χ2v) is 3.27. The van der Waals surface area contributed by atoms with Gasteiger partial charge in [-0.1, -0.05) is 34.7 Å². The lowest BCUT2D eigenvalue weighted by atomic mass is 10.2. The summed E-state index contributed by atoms with van der Waals surface area (Å²) < 4.78 is 0.908. The van der Waals surface area contributed by atoms with Crippen LogP contribution in [0.15, 0.2) is 34.9 Å². The van der Waals surface area contributed by atoms with Crippen molar-refractivity contribution in [2.45, 2.75) is 6.92 Å². The highest BCUT2D eigenvalue weighted by molar-refractivity contribution is 9.11. The Balaban J connectivity index is 4.18. The molecule has 1 nitrogen and oxygen atoms in total. The van der Waals surface area contributed by atoms with Crippen molar-refractivity contribution in [3.63, 3.8) is 0 Å². The van der Waals surface area contributed by atoms with E-state index in [1.807, 2.05) is 13.0 Å². The zero-order valence-corrected chi connectivity index (χ0v) is 9.15. The van der Waals surface area contributed by atoms with E-state index in [1.165, 1.54) is 0 Å². The number of Topliss-reactive ketones (excluding diaryl/α,β-unsaturated/α-hetero) is 1. The molecule has 0 saturated heterocycles. The summed E-state index contributed by atoms with van der Waals surface area (Å²) in [5.74, 6) is -0.166. The van der Waals surface area contributed by atoms with Crippen LogP contribution in [0.1, 0.15) is 6.92 Å². The molecule has 0 bridgehead atoms. The fraction of sp³-hybridized carbons (Fsp3) is 0.222. The minimum atomic E-state index is -0.149. The van der Waals surface area contributed by atoms with Crippen molar-refractivity contribution in [3.8, 4) is 0 Å². The molecule has 0 heterocycles. The van der Waals surface area contributed by atoms with Gasteiger partial charge in [-0.3, -0.25) is 4.79 Å². The molecule has 0 aliphatic heterocycles. The molecule has 3 heteroatoms. The van der Waals surface area contributed by atoms with Crippen molar-refractivity contribution in [1.82, 2.24) is 0 Å². The number of alkyl halides is 1. The predicted octanol–water partition coefficient (Wildman–Crippen LogP) is 3.21. The monoisotopic (exact) mass is 248 g/mol. The zero-order valence-electron chi connectivity index (χ0n) is 6.81. The summed E-state index contributed by atoms with van der Waals surface area (Å²) in [7, 11) is 0. The number of carbonyl (C=O) groups is 1. The molecule has 0 aromatic rings. The molecule has 0 unspecified atom stereocenters. The second kappa shape index (κ2) is 6.21. The Labute approximate surface area is 85.9 Å². The van der Waals surface area contributed by atoms with Gasteiger partial charge in [-0.05, 0) is 13.0 Å². The number of rotatable bonds is 4. The summed E-state index contributed by atoms with van der Waals surface area (Å²) in [4.78, 5) is 10.9. The number of carbonyl (C=O) groups excluding carboxylic acids is 1. The maximum absolute atomic E-state index is 10.9. The van der Waals surface area contributed by atoms with Gasteiger partial charge in [-0.15, -0.1) is 11.6 Å². The van der Waals surface area contributed by atoms with Crippen LogP contribution in [0.4, 0.5) is 0 Å². The molecule has 0 aromatic carbocycles. The summed E-state index contributed by atoms with van der Waals surface area (Å²) in [5, 5.41) is 0. The Kier molecular flexibility index (Phi) is 6.03. The van der Waals surface area contributed by atoms with Gasteiger partial charge in [0.15, 0.2) is 5.78 Å². The van der Waals surface area contributed by atoms with Crippen molar-refractivity contribution in [2.75, 3.05) is 5.88 Å². The minimum Gasteiger partial charge on any atom is -0.293 e. The summed E-state index contributed by atoms with van der Waals surface area (Å²) in [6.07, 6.45) is 5.26. The van der Waals surface area contributed by atoms with Crippen molar-refractivity contribution in [3.05, 3.63) is 34.9 Å². The average Bonchev–Trinajstić information content (AvgIpc) is 2.11. The molecule has 0 radical (unpaired) electrons. The van der Waals surface area contributed by atoms with E-state index in [1.54, 1.807) is 12.2 Å². The number of allylic oxidation sites excluding steroid dienone is 5. The lowest BCUT2D eigenvalue weighted by Gasteiger charge is -1.92. The van der Waals surface area contributed by atoms with Crippen LogP contribution in [0, 0.1) is 0 Å². The van der Waals surface area contributed by atoms with Crippen molar-refractivity contribution in [1.29, 1.82) is 0 Å². The third-order valence-electron chi connectivity index (χ3n) is 1.20. The number of halogens is 2. The molecule has 0 N–H and O–H groups in total. The largest absolute Gasteiger partial charge is 0.293 e. The Morgan fingerprint density at radius 1 is 1.58 bits per heavy atom. The Bertz CT molecular complexity index is 241. The van der Waals surface area contributed by atoms with Crippen LogP contribution in [0.25, 0.3) is 0 Å². The summed E-state index contributed by atoms with van der Waals surface area (Å²) in [5.41, 5.74) is 0.420. The summed E-state index contributed by atoms with van der Waals surface area (Å²) >= 11 is 8.59. The first-order chi connectivity index (χ1) is 5.61. The normalized spacial score (nSPS) is 12.1. The Hall–Kier alpha value is -0.340. The molecule has 0 aliphatic rings. The Morgan fingerprint density at radius 3 is 2.58 bits per heavy atom.